The van der Waals surface area contributed by atoms with Gasteiger partial charge in [0.2, 0.25) is 17.7 Å². The average Bonchev–Trinajstić information content (AvgIpc) is 3.20. The van der Waals surface area contributed by atoms with E-state index in [9.17, 15) is 14.4 Å². The molecule has 2 unspecified atom stereocenters. The zero-order valence-electron chi connectivity index (χ0n) is 15.4. The quantitative estimate of drug-likeness (QED) is 0.731. The number of carbonyl (C=O) groups is 3. The van der Waals surface area contributed by atoms with Gasteiger partial charge in [-0.3, -0.25) is 14.4 Å². The molecule has 4 rings (SSSR count). The van der Waals surface area contributed by atoms with Crippen molar-refractivity contribution in [1.82, 2.24) is 15.1 Å². The second kappa shape index (κ2) is 6.37. The molecule has 3 amide bonds. The predicted molar refractivity (Wildman–Crippen MR) is 94.0 cm³/mol. The first-order chi connectivity index (χ1) is 12.5. The third-order valence-corrected chi connectivity index (χ3v) is 6.37. The number of hydrogen-bond acceptors (Lipinski definition) is 4. The number of rotatable bonds is 4. The van der Waals surface area contributed by atoms with Gasteiger partial charge in [-0.05, 0) is 19.3 Å². The Bertz CT molecular complexity index is 659. The van der Waals surface area contributed by atoms with Gasteiger partial charge in [0, 0.05) is 19.1 Å². The summed E-state index contributed by atoms with van der Waals surface area (Å²) >= 11 is 0. The largest absolute Gasteiger partial charge is 0.360 e. The number of nitrogens with one attached hydrogen (secondary N) is 1. The smallest absolute Gasteiger partial charge is 0.239 e. The van der Waals surface area contributed by atoms with Gasteiger partial charge in [-0.25, -0.2) is 0 Å². The zero-order valence-corrected chi connectivity index (χ0v) is 15.4. The summed E-state index contributed by atoms with van der Waals surface area (Å²) in [4.78, 5) is 41.8. The summed E-state index contributed by atoms with van der Waals surface area (Å²) in [5.41, 5.74) is -0.668. The van der Waals surface area contributed by atoms with Crippen molar-refractivity contribution in [2.24, 2.45) is 11.8 Å². The van der Waals surface area contributed by atoms with Crippen molar-refractivity contribution in [3.05, 3.63) is 12.2 Å². The Kier molecular flexibility index (Phi) is 4.29. The fraction of sp³-hybridized carbons (Fsp3) is 0.737. The van der Waals surface area contributed by atoms with E-state index in [1.807, 2.05) is 17.1 Å². The van der Waals surface area contributed by atoms with Crippen LogP contribution in [0.1, 0.15) is 33.1 Å². The summed E-state index contributed by atoms with van der Waals surface area (Å²) in [6.07, 6.45) is 6.08. The van der Waals surface area contributed by atoms with E-state index in [-0.39, 0.29) is 36.4 Å². The number of nitrogens with zero attached hydrogens (tertiary/aromatic N) is 2. The summed E-state index contributed by atoms with van der Waals surface area (Å²) < 4.78 is 6.18. The lowest BCUT2D eigenvalue weighted by Crippen LogP contribution is -2.48. The Morgan fingerprint density at radius 2 is 2.15 bits per heavy atom. The van der Waals surface area contributed by atoms with Gasteiger partial charge in [0.15, 0.2) is 0 Å². The first-order valence-corrected chi connectivity index (χ1v) is 9.74. The maximum atomic E-state index is 13.3. The zero-order chi connectivity index (χ0) is 18.5. The van der Waals surface area contributed by atoms with Gasteiger partial charge in [0.25, 0.3) is 0 Å². The van der Waals surface area contributed by atoms with Gasteiger partial charge in [0.1, 0.15) is 5.60 Å². The van der Waals surface area contributed by atoms with Crippen molar-refractivity contribution < 1.29 is 19.1 Å². The Morgan fingerprint density at radius 1 is 1.38 bits per heavy atom. The van der Waals surface area contributed by atoms with E-state index in [0.717, 1.165) is 19.3 Å². The second-order valence-electron chi connectivity index (χ2n) is 7.80. The van der Waals surface area contributed by atoms with E-state index < -0.39 is 17.4 Å². The minimum atomic E-state index is -0.668. The van der Waals surface area contributed by atoms with Crippen LogP contribution in [-0.2, 0) is 19.1 Å². The molecular formula is C19H27N3O4. The SMILES string of the molecule is CCC(CC)N1C[C@@]23C=C[C@@H](O2)C(C(=O)N2CCCNC(=O)C2)C3C1=O. The molecule has 0 aromatic carbocycles. The van der Waals surface area contributed by atoms with E-state index in [0.29, 0.717) is 19.6 Å². The fourth-order valence-corrected chi connectivity index (χ4v) is 5.05. The summed E-state index contributed by atoms with van der Waals surface area (Å²) in [7, 11) is 0. The highest BCUT2D eigenvalue weighted by molar-refractivity contribution is 5.94. The van der Waals surface area contributed by atoms with Gasteiger partial charge in [-0.15, -0.1) is 0 Å². The lowest BCUT2D eigenvalue weighted by Gasteiger charge is -2.30. The van der Waals surface area contributed by atoms with Crippen molar-refractivity contribution in [3.63, 3.8) is 0 Å². The molecule has 0 aromatic rings. The van der Waals surface area contributed by atoms with Gasteiger partial charge >= 0.3 is 0 Å². The van der Waals surface area contributed by atoms with Gasteiger partial charge in [-0.1, -0.05) is 26.0 Å². The molecule has 4 aliphatic rings. The van der Waals surface area contributed by atoms with Gasteiger partial charge in [0.05, 0.1) is 31.0 Å². The Balaban J connectivity index is 1.60. The van der Waals surface area contributed by atoms with Crippen LogP contribution in [0.5, 0.6) is 0 Å². The number of likely N-dealkylation sites (tertiary alicyclic amines) is 1. The number of hydrogen-bond donors (Lipinski definition) is 1. The van der Waals surface area contributed by atoms with Crippen molar-refractivity contribution in [3.8, 4) is 0 Å². The van der Waals surface area contributed by atoms with E-state index >= 15 is 0 Å². The van der Waals surface area contributed by atoms with Crippen molar-refractivity contribution in [2.75, 3.05) is 26.2 Å². The minimum absolute atomic E-state index is 0.0307. The summed E-state index contributed by atoms with van der Waals surface area (Å²) in [6.45, 7) is 5.88. The number of amides is 3. The summed E-state index contributed by atoms with van der Waals surface area (Å²) in [5, 5.41) is 2.79. The molecular weight excluding hydrogens is 334 g/mol. The van der Waals surface area contributed by atoms with Crippen LogP contribution in [0.3, 0.4) is 0 Å². The van der Waals surface area contributed by atoms with Gasteiger partial charge < -0.3 is 19.9 Å². The first kappa shape index (κ1) is 17.5. The van der Waals surface area contributed by atoms with Crippen LogP contribution in [0.2, 0.25) is 0 Å². The summed E-state index contributed by atoms with van der Waals surface area (Å²) in [6, 6.07) is 0.179. The minimum Gasteiger partial charge on any atom is -0.360 e. The standard InChI is InChI=1S/C19H27N3O4/c1-3-12(4-2)22-11-19-7-6-13(26-19)15(16(19)18(22)25)17(24)21-9-5-8-20-14(23)10-21/h6-7,12-13,15-16H,3-5,8-11H2,1-2H3,(H,20,23)/t13-,15?,16?,19-/m1/s1. The molecule has 0 aliphatic carbocycles. The maximum Gasteiger partial charge on any atom is 0.239 e. The molecule has 7 nitrogen and oxygen atoms in total. The maximum absolute atomic E-state index is 13.3. The number of carbonyl (C=O) groups excluding carboxylic acids is 3. The molecule has 142 valence electrons. The third-order valence-electron chi connectivity index (χ3n) is 6.37. The van der Waals surface area contributed by atoms with Crippen LogP contribution in [0.4, 0.5) is 0 Å². The predicted octanol–water partition coefficient (Wildman–Crippen LogP) is 0.306. The molecule has 3 saturated heterocycles. The van der Waals surface area contributed by atoms with E-state index in [1.165, 1.54) is 0 Å². The van der Waals surface area contributed by atoms with Crippen LogP contribution < -0.4 is 5.32 Å². The van der Waals surface area contributed by atoms with Crippen LogP contribution in [0.15, 0.2) is 12.2 Å². The molecule has 0 saturated carbocycles. The van der Waals surface area contributed by atoms with E-state index in [2.05, 4.69) is 19.2 Å². The highest BCUT2D eigenvalue weighted by Gasteiger charge is 2.67. The van der Waals surface area contributed by atoms with Crippen molar-refractivity contribution in [1.29, 1.82) is 0 Å². The molecule has 7 heteroatoms. The molecule has 0 radical (unpaired) electrons. The van der Waals surface area contributed by atoms with E-state index in [4.69, 9.17) is 4.74 Å². The monoisotopic (exact) mass is 361 g/mol. The Morgan fingerprint density at radius 3 is 2.88 bits per heavy atom. The van der Waals surface area contributed by atoms with Gasteiger partial charge in [-0.2, -0.15) is 0 Å². The van der Waals surface area contributed by atoms with Crippen LogP contribution >= 0.6 is 0 Å². The Hall–Kier alpha value is -1.89. The second-order valence-corrected chi connectivity index (χ2v) is 7.80. The lowest BCUT2D eigenvalue weighted by atomic mass is 9.76. The average molecular weight is 361 g/mol. The highest BCUT2D eigenvalue weighted by atomic mass is 16.5. The Labute approximate surface area is 153 Å². The molecule has 1 spiro atoms. The first-order valence-electron chi connectivity index (χ1n) is 9.74. The fourth-order valence-electron chi connectivity index (χ4n) is 5.05. The van der Waals surface area contributed by atoms with E-state index in [1.54, 1.807) is 4.90 Å². The third kappa shape index (κ3) is 2.47. The molecule has 1 N–H and O–H groups in total. The normalized spacial score (nSPS) is 35.9. The molecule has 2 bridgehead atoms. The lowest BCUT2D eigenvalue weighted by molar-refractivity contribution is -0.145. The van der Waals surface area contributed by atoms with Crippen LogP contribution in [-0.4, -0.2) is 71.4 Å². The van der Waals surface area contributed by atoms with Crippen LogP contribution in [0, 0.1) is 11.8 Å². The molecule has 4 aliphatic heterocycles. The molecule has 4 heterocycles. The molecule has 0 aromatic heterocycles. The molecule has 26 heavy (non-hydrogen) atoms. The summed E-state index contributed by atoms with van der Waals surface area (Å²) in [5.74, 6) is -1.21. The van der Waals surface area contributed by atoms with Crippen molar-refractivity contribution in [2.45, 2.75) is 50.9 Å². The topological polar surface area (TPSA) is 79.0 Å². The van der Waals surface area contributed by atoms with Crippen LogP contribution in [0.25, 0.3) is 0 Å². The number of ether oxygens (including phenoxy) is 1. The highest BCUT2D eigenvalue weighted by Crippen LogP contribution is 2.53. The number of fused-ring (bicyclic) bond motifs is 1. The molecule has 4 atom stereocenters. The van der Waals surface area contributed by atoms with Crippen molar-refractivity contribution >= 4 is 17.7 Å². The molecule has 3 fully saturated rings.